The first kappa shape index (κ1) is 9.55. The lowest BCUT2D eigenvalue weighted by Gasteiger charge is -2.18. The molecule has 0 N–H and O–H groups in total. The summed E-state index contributed by atoms with van der Waals surface area (Å²) < 4.78 is 0. The van der Waals surface area contributed by atoms with Gasteiger partial charge < -0.3 is 0 Å². The molecule has 0 radical (unpaired) electrons. The molecule has 0 aromatic heterocycles. The van der Waals surface area contributed by atoms with Gasteiger partial charge in [0.2, 0.25) is 0 Å². The SMILES string of the molecule is CCC[C@H]1C[C@H]1[C@@H]1CC[C@H](C)[C@@H]1C. The molecule has 13 heavy (non-hydrogen) atoms. The Bertz CT molecular complexity index is 173. The van der Waals surface area contributed by atoms with Crippen molar-refractivity contribution in [2.45, 2.75) is 52.9 Å². The average molecular weight is 180 g/mol. The molecular weight excluding hydrogens is 156 g/mol. The molecule has 0 heteroatoms. The third-order valence-corrected chi connectivity index (χ3v) is 4.71. The molecule has 0 heterocycles. The molecule has 2 aliphatic rings. The Morgan fingerprint density at radius 2 is 1.85 bits per heavy atom. The van der Waals surface area contributed by atoms with Crippen LogP contribution in [0.4, 0.5) is 0 Å². The summed E-state index contributed by atoms with van der Waals surface area (Å²) in [6.07, 6.45) is 7.50. The van der Waals surface area contributed by atoms with Crippen molar-refractivity contribution in [3.05, 3.63) is 0 Å². The van der Waals surface area contributed by atoms with Crippen LogP contribution in [0.2, 0.25) is 0 Å². The Hall–Kier alpha value is 0. The number of hydrogen-bond acceptors (Lipinski definition) is 0. The van der Waals surface area contributed by atoms with Crippen molar-refractivity contribution >= 4 is 0 Å². The van der Waals surface area contributed by atoms with Gasteiger partial charge in [0.05, 0.1) is 0 Å². The Labute approximate surface area is 83.1 Å². The van der Waals surface area contributed by atoms with Gasteiger partial charge in [-0.25, -0.2) is 0 Å². The van der Waals surface area contributed by atoms with Gasteiger partial charge in [-0.3, -0.25) is 0 Å². The molecule has 0 nitrogen and oxygen atoms in total. The summed E-state index contributed by atoms with van der Waals surface area (Å²) in [5.74, 6) is 5.40. The zero-order valence-corrected chi connectivity index (χ0v) is 9.42. The zero-order chi connectivity index (χ0) is 9.42. The van der Waals surface area contributed by atoms with E-state index in [1.54, 1.807) is 6.42 Å². The third kappa shape index (κ3) is 1.78. The van der Waals surface area contributed by atoms with Crippen molar-refractivity contribution < 1.29 is 0 Å². The zero-order valence-electron chi connectivity index (χ0n) is 9.42. The second kappa shape index (κ2) is 3.63. The number of hydrogen-bond donors (Lipinski definition) is 0. The van der Waals surface area contributed by atoms with E-state index in [-0.39, 0.29) is 0 Å². The highest BCUT2D eigenvalue weighted by atomic mass is 14.5. The fraction of sp³-hybridized carbons (Fsp3) is 1.00. The van der Waals surface area contributed by atoms with Crippen molar-refractivity contribution in [1.29, 1.82) is 0 Å². The van der Waals surface area contributed by atoms with Crippen molar-refractivity contribution in [1.82, 2.24) is 0 Å². The molecule has 0 saturated heterocycles. The lowest BCUT2D eigenvalue weighted by atomic mass is 9.88. The molecule has 0 aromatic carbocycles. The Morgan fingerprint density at radius 1 is 1.08 bits per heavy atom. The van der Waals surface area contributed by atoms with Gasteiger partial charge in [0.25, 0.3) is 0 Å². The highest BCUT2D eigenvalue weighted by molar-refractivity contribution is 4.96. The molecule has 76 valence electrons. The summed E-state index contributed by atoms with van der Waals surface area (Å²) in [5, 5.41) is 0. The maximum atomic E-state index is 2.49. The van der Waals surface area contributed by atoms with Gasteiger partial charge in [0, 0.05) is 0 Å². The second-order valence-electron chi connectivity index (χ2n) is 5.53. The van der Waals surface area contributed by atoms with Gasteiger partial charge in [0.15, 0.2) is 0 Å². The van der Waals surface area contributed by atoms with Gasteiger partial charge in [-0.15, -0.1) is 0 Å². The van der Waals surface area contributed by atoms with Crippen LogP contribution in [0.5, 0.6) is 0 Å². The van der Waals surface area contributed by atoms with Crippen molar-refractivity contribution in [2.24, 2.45) is 29.6 Å². The molecule has 0 amide bonds. The van der Waals surface area contributed by atoms with Crippen LogP contribution in [0.1, 0.15) is 52.9 Å². The summed E-state index contributed by atoms with van der Waals surface area (Å²) in [4.78, 5) is 0. The topological polar surface area (TPSA) is 0 Å². The quantitative estimate of drug-likeness (QED) is 0.613. The number of rotatable bonds is 3. The predicted octanol–water partition coefficient (Wildman–Crippen LogP) is 4.10. The smallest absolute Gasteiger partial charge is 0.0352 e. The fourth-order valence-corrected chi connectivity index (χ4v) is 3.51. The minimum Gasteiger partial charge on any atom is -0.0654 e. The van der Waals surface area contributed by atoms with Gasteiger partial charge >= 0.3 is 0 Å². The van der Waals surface area contributed by atoms with Crippen LogP contribution in [0.15, 0.2) is 0 Å². The first-order valence-electron chi connectivity index (χ1n) is 6.24. The monoisotopic (exact) mass is 180 g/mol. The largest absolute Gasteiger partial charge is 0.0654 e. The van der Waals surface area contributed by atoms with E-state index >= 15 is 0 Å². The van der Waals surface area contributed by atoms with Crippen molar-refractivity contribution in [2.75, 3.05) is 0 Å². The van der Waals surface area contributed by atoms with E-state index in [1.165, 1.54) is 25.7 Å². The normalized spacial score (nSPS) is 49.6. The predicted molar refractivity (Wildman–Crippen MR) is 57.6 cm³/mol. The summed E-state index contributed by atoms with van der Waals surface area (Å²) in [7, 11) is 0. The van der Waals surface area contributed by atoms with Gasteiger partial charge in [-0.2, -0.15) is 0 Å². The molecule has 2 fully saturated rings. The lowest BCUT2D eigenvalue weighted by Crippen LogP contribution is -2.11. The minimum absolute atomic E-state index is 1.01. The standard InChI is InChI=1S/C13H24/c1-4-5-11-8-13(11)12-7-6-9(2)10(12)3/h9-13H,4-8H2,1-3H3/t9-,10-,11-,12+,13+/m0/s1. The fourth-order valence-electron chi connectivity index (χ4n) is 3.51. The maximum absolute atomic E-state index is 2.49. The molecule has 5 atom stereocenters. The first-order chi connectivity index (χ1) is 6.24. The molecule has 0 aromatic rings. The van der Waals surface area contributed by atoms with Crippen molar-refractivity contribution in [3.8, 4) is 0 Å². The molecule has 0 spiro atoms. The average Bonchev–Trinajstić information content (AvgIpc) is 2.77. The Morgan fingerprint density at radius 3 is 2.38 bits per heavy atom. The first-order valence-corrected chi connectivity index (χ1v) is 6.24. The van der Waals surface area contributed by atoms with Crippen LogP contribution < -0.4 is 0 Å². The van der Waals surface area contributed by atoms with Crippen LogP contribution in [-0.4, -0.2) is 0 Å². The van der Waals surface area contributed by atoms with Crippen LogP contribution >= 0.6 is 0 Å². The second-order valence-corrected chi connectivity index (χ2v) is 5.53. The molecule has 2 aliphatic carbocycles. The van der Waals surface area contributed by atoms with Gasteiger partial charge in [0.1, 0.15) is 0 Å². The molecule has 2 rings (SSSR count). The molecule has 0 unspecified atom stereocenters. The molecule has 2 saturated carbocycles. The summed E-state index contributed by atoms with van der Waals surface area (Å²) >= 11 is 0. The van der Waals surface area contributed by atoms with Crippen LogP contribution in [0, 0.1) is 29.6 Å². The lowest BCUT2D eigenvalue weighted by molar-refractivity contribution is 0.309. The van der Waals surface area contributed by atoms with E-state index < -0.39 is 0 Å². The summed E-state index contributed by atoms with van der Waals surface area (Å²) in [6.45, 7) is 7.27. The highest BCUT2D eigenvalue weighted by Gasteiger charge is 2.46. The summed E-state index contributed by atoms with van der Waals surface area (Å²) in [5.41, 5.74) is 0. The molecule has 0 aliphatic heterocycles. The maximum Gasteiger partial charge on any atom is -0.0352 e. The Kier molecular flexibility index (Phi) is 2.67. The molecular formula is C13H24. The Balaban J connectivity index is 1.83. The van der Waals surface area contributed by atoms with E-state index in [4.69, 9.17) is 0 Å². The van der Waals surface area contributed by atoms with Crippen LogP contribution in [0.25, 0.3) is 0 Å². The van der Waals surface area contributed by atoms with Crippen molar-refractivity contribution in [3.63, 3.8) is 0 Å². The van der Waals surface area contributed by atoms with E-state index in [9.17, 15) is 0 Å². The highest BCUT2D eigenvalue weighted by Crippen LogP contribution is 2.55. The van der Waals surface area contributed by atoms with Gasteiger partial charge in [-0.1, -0.05) is 40.0 Å². The van der Waals surface area contributed by atoms with E-state index in [2.05, 4.69) is 20.8 Å². The minimum atomic E-state index is 1.01. The van der Waals surface area contributed by atoms with E-state index in [0.717, 1.165) is 29.6 Å². The van der Waals surface area contributed by atoms with E-state index in [1.807, 2.05) is 0 Å². The van der Waals surface area contributed by atoms with Crippen LogP contribution in [0.3, 0.4) is 0 Å². The molecule has 0 bridgehead atoms. The third-order valence-electron chi connectivity index (χ3n) is 4.71. The van der Waals surface area contributed by atoms with Crippen LogP contribution in [-0.2, 0) is 0 Å². The van der Waals surface area contributed by atoms with Gasteiger partial charge in [-0.05, 0) is 42.4 Å². The summed E-state index contributed by atoms with van der Waals surface area (Å²) in [6, 6.07) is 0. The van der Waals surface area contributed by atoms with E-state index in [0.29, 0.717) is 0 Å².